The third-order valence-electron chi connectivity index (χ3n) is 3.87. The molecular formula is C18H22N2. The van der Waals surface area contributed by atoms with E-state index in [1.54, 1.807) is 0 Å². The lowest BCUT2D eigenvalue weighted by Gasteiger charge is -2.07. The summed E-state index contributed by atoms with van der Waals surface area (Å²) in [5.74, 6) is 0. The summed E-state index contributed by atoms with van der Waals surface area (Å²) in [5.41, 5.74) is 4.90. The minimum absolute atomic E-state index is 0.772. The number of aromatic nitrogens is 1. The third kappa shape index (κ3) is 3.26. The van der Waals surface area contributed by atoms with Crippen molar-refractivity contribution in [2.45, 2.75) is 39.2 Å². The van der Waals surface area contributed by atoms with Crippen molar-refractivity contribution >= 4 is 17.0 Å². The molecule has 104 valence electrons. The minimum atomic E-state index is 0.772. The van der Waals surface area contributed by atoms with Crippen LogP contribution >= 0.6 is 0 Å². The van der Waals surface area contributed by atoms with Crippen LogP contribution < -0.4 is 5.32 Å². The molecule has 20 heavy (non-hydrogen) atoms. The second-order valence-corrected chi connectivity index (χ2v) is 5.72. The van der Waals surface area contributed by atoms with Gasteiger partial charge in [0.05, 0.1) is 5.52 Å². The molecule has 0 amide bonds. The number of nitrogens with one attached hydrogen (secondary N) is 1. The molecule has 0 saturated heterocycles. The summed E-state index contributed by atoms with van der Waals surface area (Å²) in [4.78, 5) is 4.55. The average Bonchev–Trinajstić information content (AvgIpc) is 3.27. The molecule has 1 heterocycles. The van der Waals surface area contributed by atoms with E-state index in [1.807, 2.05) is 6.92 Å². The summed E-state index contributed by atoms with van der Waals surface area (Å²) in [6.07, 6.45) is 6.11. The van der Waals surface area contributed by atoms with Crippen molar-refractivity contribution in [3.8, 4) is 0 Å². The molecule has 1 aromatic carbocycles. The number of benzene rings is 1. The van der Waals surface area contributed by atoms with Crippen LogP contribution in [-0.4, -0.2) is 17.6 Å². The predicted octanol–water partition coefficient (Wildman–Crippen LogP) is 4.09. The smallest absolute Gasteiger partial charge is 0.0705 e. The first-order chi connectivity index (χ1) is 9.74. The lowest BCUT2D eigenvalue weighted by Crippen LogP contribution is -2.18. The molecule has 1 aliphatic carbocycles. The van der Waals surface area contributed by atoms with Crippen LogP contribution in [0.3, 0.4) is 0 Å². The molecule has 0 aliphatic heterocycles. The zero-order valence-corrected chi connectivity index (χ0v) is 12.3. The van der Waals surface area contributed by atoms with Gasteiger partial charge in [-0.25, -0.2) is 0 Å². The van der Waals surface area contributed by atoms with Gasteiger partial charge in [0.2, 0.25) is 0 Å². The summed E-state index contributed by atoms with van der Waals surface area (Å²) in [6.45, 7) is 5.28. The third-order valence-corrected chi connectivity index (χ3v) is 3.87. The summed E-state index contributed by atoms with van der Waals surface area (Å²) < 4.78 is 0. The SMILES string of the molecule is CC/C(=C/c1ccc2nc(C)ccc2c1)CNC1CC1. The quantitative estimate of drug-likeness (QED) is 0.881. The molecule has 1 aromatic heterocycles. The van der Waals surface area contributed by atoms with Crippen molar-refractivity contribution in [1.29, 1.82) is 0 Å². The molecule has 2 nitrogen and oxygen atoms in total. The Balaban J connectivity index is 1.82. The zero-order valence-electron chi connectivity index (χ0n) is 12.3. The molecule has 0 bridgehead atoms. The molecule has 0 spiro atoms. The Morgan fingerprint density at radius 3 is 2.90 bits per heavy atom. The molecule has 0 unspecified atom stereocenters. The van der Waals surface area contributed by atoms with Gasteiger partial charge < -0.3 is 5.32 Å². The standard InChI is InChI=1S/C18H22N2/c1-3-14(12-19-17-7-8-17)10-15-5-9-18-16(11-15)6-4-13(2)20-18/h4-6,9-11,17,19H,3,7-8,12H2,1-2H3/b14-10-. The molecule has 2 heteroatoms. The van der Waals surface area contributed by atoms with E-state index in [0.29, 0.717) is 0 Å². The van der Waals surface area contributed by atoms with Gasteiger partial charge in [-0.1, -0.05) is 30.7 Å². The first kappa shape index (κ1) is 13.3. The van der Waals surface area contributed by atoms with E-state index in [1.165, 1.54) is 29.4 Å². The van der Waals surface area contributed by atoms with Crippen LogP contribution in [0.15, 0.2) is 35.9 Å². The lowest BCUT2D eigenvalue weighted by atomic mass is 10.1. The van der Waals surface area contributed by atoms with Gasteiger partial charge in [-0.05, 0) is 49.9 Å². The van der Waals surface area contributed by atoms with E-state index in [-0.39, 0.29) is 0 Å². The Hall–Kier alpha value is -1.67. The van der Waals surface area contributed by atoms with Crippen molar-refractivity contribution < 1.29 is 0 Å². The van der Waals surface area contributed by atoms with Crippen LogP contribution in [-0.2, 0) is 0 Å². The van der Waals surface area contributed by atoms with E-state index in [0.717, 1.165) is 30.2 Å². The maximum Gasteiger partial charge on any atom is 0.0705 e. The normalized spacial score (nSPS) is 15.8. The van der Waals surface area contributed by atoms with Crippen LogP contribution in [0.25, 0.3) is 17.0 Å². The van der Waals surface area contributed by atoms with Crippen molar-refractivity contribution in [1.82, 2.24) is 10.3 Å². The Labute approximate surface area is 120 Å². The first-order valence-electron chi connectivity index (χ1n) is 7.55. The largest absolute Gasteiger partial charge is 0.310 e. The van der Waals surface area contributed by atoms with Gasteiger partial charge in [0.25, 0.3) is 0 Å². The molecule has 3 rings (SSSR count). The van der Waals surface area contributed by atoms with Gasteiger partial charge in [0.1, 0.15) is 0 Å². The maximum absolute atomic E-state index is 4.55. The van der Waals surface area contributed by atoms with E-state index in [4.69, 9.17) is 0 Å². The van der Waals surface area contributed by atoms with Gasteiger partial charge in [-0.2, -0.15) is 0 Å². The first-order valence-corrected chi connectivity index (χ1v) is 7.55. The van der Waals surface area contributed by atoms with E-state index < -0.39 is 0 Å². The van der Waals surface area contributed by atoms with Crippen molar-refractivity contribution in [3.63, 3.8) is 0 Å². The predicted molar refractivity (Wildman–Crippen MR) is 85.8 cm³/mol. The fourth-order valence-electron chi connectivity index (χ4n) is 2.41. The summed E-state index contributed by atoms with van der Waals surface area (Å²) >= 11 is 0. The van der Waals surface area contributed by atoms with E-state index >= 15 is 0 Å². The number of aryl methyl sites for hydroxylation is 1. The molecule has 0 radical (unpaired) electrons. The number of rotatable bonds is 5. The fraction of sp³-hybridized carbons (Fsp3) is 0.389. The highest BCUT2D eigenvalue weighted by Crippen LogP contribution is 2.20. The highest BCUT2D eigenvalue weighted by Gasteiger charge is 2.19. The van der Waals surface area contributed by atoms with Crippen LogP contribution in [0.1, 0.15) is 37.4 Å². The van der Waals surface area contributed by atoms with Crippen LogP contribution in [0, 0.1) is 6.92 Å². The Kier molecular flexibility index (Phi) is 3.83. The molecule has 0 atom stereocenters. The molecule has 2 aromatic rings. The second kappa shape index (κ2) is 5.76. The summed E-state index contributed by atoms with van der Waals surface area (Å²) in [5, 5.41) is 4.81. The molecule has 1 fully saturated rings. The van der Waals surface area contributed by atoms with Gasteiger partial charge in [0.15, 0.2) is 0 Å². The molecule has 1 saturated carbocycles. The second-order valence-electron chi connectivity index (χ2n) is 5.72. The highest BCUT2D eigenvalue weighted by molar-refractivity contribution is 5.81. The Morgan fingerprint density at radius 2 is 2.15 bits per heavy atom. The van der Waals surface area contributed by atoms with E-state index in [9.17, 15) is 0 Å². The monoisotopic (exact) mass is 266 g/mol. The maximum atomic E-state index is 4.55. The number of pyridine rings is 1. The van der Waals surface area contributed by atoms with Gasteiger partial charge >= 0.3 is 0 Å². The summed E-state index contributed by atoms with van der Waals surface area (Å²) in [6, 6.07) is 11.5. The summed E-state index contributed by atoms with van der Waals surface area (Å²) in [7, 11) is 0. The van der Waals surface area contributed by atoms with Crippen LogP contribution in [0.2, 0.25) is 0 Å². The number of hydrogen-bond donors (Lipinski definition) is 1. The molecule has 1 aliphatic rings. The number of fused-ring (bicyclic) bond motifs is 1. The van der Waals surface area contributed by atoms with Gasteiger partial charge in [-0.15, -0.1) is 0 Å². The van der Waals surface area contributed by atoms with E-state index in [2.05, 4.69) is 53.6 Å². The average molecular weight is 266 g/mol. The topological polar surface area (TPSA) is 24.9 Å². The number of nitrogens with zero attached hydrogens (tertiary/aromatic N) is 1. The van der Waals surface area contributed by atoms with Gasteiger partial charge in [-0.3, -0.25) is 4.98 Å². The molecular weight excluding hydrogens is 244 g/mol. The highest BCUT2D eigenvalue weighted by atomic mass is 14.9. The van der Waals surface area contributed by atoms with Crippen LogP contribution in [0.4, 0.5) is 0 Å². The van der Waals surface area contributed by atoms with Gasteiger partial charge in [0, 0.05) is 23.7 Å². The Morgan fingerprint density at radius 1 is 1.30 bits per heavy atom. The Bertz CT molecular complexity index is 639. The molecule has 1 N–H and O–H groups in total. The zero-order chi connectivity index (χ0) is 13.9. The van der Waals surface area contributed by atoms with Crippen molar-refractivity contribution in [3.05, 3.63) is 47.2 Å². The van der Waals surface area contributed by atoms with Crippen molar-refractivity contribution in [2.24, 2.45) is 0 Å². The fourth-order valence-corrected chi connectivity index (χ4v) is 2.41. The minimum Gasteiger partial charge on any atom is -0.310 e. The number of hydrogen-bond acceptors (Lipinski definition) is 2. The van der Waals surface area contributed by atoms with Crippen molar-refractivity contribution in [2.75, 3.05) is 6.54 Å². The van der Waals surface area contributed by atoms with Crippen LogP contribution in [0.5, 0.6) is 0 Å². The lowest BCUT2D eigenvalue weighted by molar-refractivity contribution is 0.723.